The van der Waals surface area contributed by atoms with Gasteiger partial charge >= 0.3 is 0 Å². The number of Topliss-reactive ketones (excluding diaryl/α,β-unsaturated/α-hetero) is 1. The van der Waals surface area contributed by atoms with Gasteiger partial charge < -0.3 is 9.64 Å². The Hall–Kier alpha value is -2.44. The fourth-order valence-corrected chi connectivity index (χ4v) is 2.09. The zero-order valence-corrected chi connectivity index (χ0v) is 11.7. The molecule has 1 aliphatic rings. The van der Waals surface area contributed by atoms with E-state index in [-0.39, 0.29) is 24.0 Å². The number of hydrogen-bond donors (Lipinski definition) is 0. The van der Waals surface area contributed by atoms with Crippen molar-refractivity contribution >= 4 is 17.4 Å². The monoisotopic (exact) mass is 292 g/mol. The minimum atomic E-state index is -0.510. The van der Waals surface area contributed by atoms with Gasteiger partial charge in [-0.05, 0) is 18.6 Å². The van der Waals surface area contributed by atoms with E-state index in [9.17, 15) is 19.7 Å². The molecule has 1 amide bonds. The number of carbonyl (C=O) groups excluding carboxylic acids is 2. The number of nitro benzene ring substituents is 1. The Bertz CT molecular complexity index is 575. The molecule has 0 atom stereocenters. The number of rotatable bonds is 4. The van der Waals surface area contributed by atoms with Gasteiger partial charge in [0.2, 0.25) is 0 Å². The third-order valence-corrected chi connectivity index (χ3v) is 3.41. The first-order valence-electron chi connectivity index (χ1n) is 6.64. The number of piperidine rings is 1. The Labute approximate surface area is 121 Å². The van der Waals surface area contributed by atoms with Crippen LogP contribution in [-0.2, 0) is 9.59 Å². The second kappa shape index (κ2) is 6.34. The lowest BCUT2D eigenvalue weighted by atomic mass is 10.1. The quantitative estimate of drug-likeness (QED) is 0.619. The molecule has 1 aromatic rings. The van der Waals surface area contributed by atoms with E-state index in [2.05, 4.69) is 0 Å². The minimum absolute atomic E-state index is 0.0772. The van der Waals surface area contributed by atoms with E-state index in [1.165, 1.54) is 12.1 Å². The van der Waals surface area contributed by atoms with Crippen LogP contribution < -0.4 is 4.74 Å². The van der Waals surface area contributed by atoms with Crippen LogP contribution in [0.2, 0.25) is 0 Å². The molecule has 1 aliphatic heterocycles. The lowest BCUT2D eigenvalue weighted by Crippen LogP contribution is -2.41. The van der Waals surface area contributed by atoms with Crippen LogP contribution in [0, 0.1) is 17.0 Å². The molecule has 1 saturated heterocycles. The molecule has 21 heavy (non-hydrogen) atoms. The molecule has 1 heterocycles. The van der Waals surface area contributed by atoms with E-state index in [0.29, 0.717) is 31.7 Å². The van der Waals surface area contributed by atoms with E-state index in [0.717, 1.165) is 5.56 Å². The molecule has 0 saturated carbocycles. The first-order chi connectivity index (χ1) is 9.97. The SMILES string of the molecule is Cc1ccc([N+](=O)[O-])cc1OCC(=O)N1CCC(=O)CC1. The highest BCUT2D eigenvalue weighted by atomic mass is 16.6. The lowest BCUT2D eigenvalue weighted by Gasteiger charge is -2.26. The molecule has 1 fully saturated rings. The summed E-state index contributed by atoms with van der Waals surface area (Å²) in [6.07, 6.45) is 0.753. The molecule has 0 unspecified atom stereocenters. The number of benzene rings is 1. The van der Waals surface area contributed by atoms with Gasteiger partial charge in [0.1, 0.15) is 11.5 Å². The Balaban J connectivity index is 1.96. The molecule has 0 N–H and O–H groups in total. The third-order valence-electron chi connectivity index (χ3n) is 3.41. The molecule has 0 aromatic heterocycles. The number of likely N-dealkylation sites (tertiary alicyclic amines) is 1. The van der Waals surface area contributed by atoms with Gasteiger partial charge in [0.25, 0.3) is 11.6 Å². The number of ether oxygens (including phenoxy) is 1. The summed E-state index contributed by atoms with van der Waals surface area (Å²) in [5, 5.41) is 10.7. The maximum absolute atomic E-state index is 12.0. The van der Waals surface area contributed by atoms with Crippen molar-refractivity contribution in [2.45, 2.75) is 19.8 Å². The Kier molecular flexibility index (Phi) is 4.52. The largest absolute Gasteiger partial charge is 0.483 e. The standard InChI is InChI=1S/C14H16N2O5/c1-10-2-3-11(16(19)20)8-13(10)21-9-14(18)15-6-4-12(17)5-7-15/h2-3,8H,4-7,9H2,1H3. The van der Waals surface area contributed by atoms with Crippen molar-refractivity contribution in [1.29, 1.82) is 0 Å². The van der Waals surface area contributed by atoms with Crippen LogP contribution >= 0.6 is 0 Å². The van der Waals surface area contributed by atoms with Crippen LogP contribution in [0.3, 0.4) is 0 Å². The third kappa shape index (κ3) is 3.77. The number of hydrogen-bond acceptors (Lipinski definition) is 5. The van der Waals surface area contributed by atoms with Crippen molar-refractivity contribution < 1.29 is 19.2 Å². The number of ketones is 1. The van der Waals surface area contributed by atoms with Crippen molar-refractivity contribution in [2.75, 3.05) is 19.7 Å². The maximum atomic E-state index is 12.0. The van der Waals surface area contributed by atoms with Crippen molar-refractivity contribution in [3.8, 4) is 5.75 Å². The van der Waals surface area contributed by atoms with Gasteiger partial charge in [-0.1, -0.05) is 0 Å². The predicted octanol–water partition coefficient (Wildman–Crippen LogP) is 1.47. The molecular weight excluding hydrogens is 276 g/mol. The average molecular weight is 292 g/mol. The van der Waals surface area contributed by atoms with Gasteiger partial charge in [-0.25, -0.2) is 0 Å². The van der Waals surface area contributed by atoms with Crippen LogP contribution in [0.1, 0.15) is 18.4 Å². The molecule has 7 nitrogen and oxygen atoms in total. The van der Waals surface area contributed by atoms with Gasteiger partial charge in [0, 0.05) is 32.0 Å². The topological polar surface area (TPSA) is 89.8 Å². The number of amides is 1. The van der Waals surface area contributed by atoms with Crippen LogP contribution in [0.5, 0.6) is 5.75 Å². The summed E-state index contributed by atoms with van der Waals surface area (Å²) in [5.74, 6) is 0.272. The van der Waals surface area contributed by atoms with E-state index in [1.807, 2.05) is 0 Å². The van der Waals surface area contributed by atoms with Gasteiger partial charge in [-0.3, -0.25) is 19.7 Å². The van der Waals surface area contributed by atoms with Gasteiger partial charge in [0.05, 0.1) is 11.0 Å². The molecule has 0 bridgehead atoms. The van der Waals surface area contributed by atoms with E-state index >= 15 is 0 Å². The molecule has 7 heteroatoms. The van der Waals surface area contributed by atoms with Crippen molar-refractivity contribution in [2.24, 2.45) is 0 Å². The highest BCUT2D eigenvalue weighted by Gasteiger charge is 2.21. The number of non-ortho nitro benzene ring substituents is 1. The highest BCUT2D eigenvalue weighted by Crippen LogP contribution is 2.24. The predicted molar refractivity (Wildman–Crippen MR) is 74.1 cm³/mol. The highest BCUT2D eigenvalue weighted by molar-refractivity contribution is 5.84. The second-order valence-electron chi connectivity index (χ2n) is 4.92. The second-order valence-corrected chi connectivity index (χ2v) is 4.92. The van der Waals surface area contributed by atoms with Crippen LogP contribution in [0.4, 0.5) is 5.69 Å². The zero-order valence-electron chi connectivity index (χ0n) is 11.7. The van der Waals surface area contributed by atoms with E-state index in [1.54, 1.807) is 17.9 Å². The van der Waals surface area contributed by atoms with Crippen LogP contribution in [0.25, 0.3) is 0 Å². The summed E-state index contributed by atoms with van der Waals surface area (Å²) in [6.45, 7) is 2.39. The summed E-state index contributed by atoms with van der Waals surface area (Å²) < 4.78 is 5.39. The molecule has 0 radical (unpaired) electrons. The number of nitrogens with zero attached hydrogens (tertiary/aromatic N) is 2. The normalized spacial score (nSPS) is 14.9. The fourth-order valence-electron chi connectivity index (χ4n) is 2.09. The first-order valence-corrected chi connectivity index (χ1v) is 6.64. The lowest BCUT2D eigenvalue weighted by molar-refractivity contribution is -0.384. The summed E-state index contributed by atoms with van der Waals surface area (Å²) >= 11 is 0. The van der Waals surface area contributed by atoms with E-state index in [4.69, 9.17) is 4.74 Å². The van der Waals surface area contributed by atoms with E-state index < -0.39 is 4.92 Å². The minimum Gasteiger partial charge on any atom is -0.483 e. The summed E-state index contributed by atoms with van der Waals surface area (Å²) in [5.41, 5.74) is 0.647. The van der Waals surface area contributed by atoms with Crippen molar-refractivity contribution in [1.82, 2.24) is 4.90 Å². The molecule has 112 valence electrons. The van der Waals surface area contributed by atoms with Crippen LogP contribution in [-0.4, -0.2) is 41.2 Å². The Morgan fingerprint density at radius 1 is 1.38 bits per heavy atom. The average Bonchev–Trinajstić information content (AvgIpc) is 2.46. The summed E-state index contributed by atoms with van der Waals surface area (Å²) in [6, 6.07) is 4.28. The van der Waals surface area contributed by atoms with Gasteiger partial charge in [0.15, 0.2) is 6.61 Å². The zero-order chi connectivity index (χ0) is 15.4. The van der Waals surface area contributed by atoms with Gasteiger partial charge in [-0.2, -0.15) is 0 Å². The van der Waals surface area contributed by atoms with Gasteiger partial charge in [-0.15, -0.1) is 0 Å². The molecule has 2 rings (SSSR count). The number of carbonyl (C=O) groups is 2. The fraction of sp³-hybridized carbons (Fsp3) is 0.429. The van der Waals surface area contributed by atoms with Crippen molar-refractivity contribution in [3.05, 3.63) is 33.9 Å². The number of aryl methyl sites for hydroxylation is 1. The molecule has 0 aliphatic carbocycles. The number of nitro groups is 1. The first kappa shape index (κ1) is 15.0. The smallest absolute Gasteiger partial charge is 0.273 e. The molecule has 1 aromatic carbocycles. The maximum Gasteiger partial charge on any atom is 0.273 e. The van der Waals surface area contributed by atoms with Crippen LogP contribution in [0.15, 0.2) is 18.2 Å². The van der Waals surface area contributed by atoms with Crippen molar-refractivity contribution in [3.63, 3.8) is 0 Å². The summed E-state index contributed by atoms with van der Waals surface area (Å²) in [7, 11) is 0. The Morgan fingerprint density at radius 2 is 2.05 bits per heavy atom. The molecule has 0 spiro atoms. The Morgan fingerprint density at radius 3 is 2.67 bits per heavy atom. The summed E-state index contributed by atoms with van der Waals surface area (Å²) in [4.78, 5) is 34.9. The molecular formula is C14H16N2O5.